The largest absolute Gasteiger partial charge is 0.399 e. The third-order valence-electron chi connectivity index (χ3n) is 2.78. The van der Waals surface area contributed by atoms with Gasteiger partial charge in [-0.2, -0.15) is 5.10 Å². The lowest BCUT2D eigenvalue weighted by molar-refractivity contribution is 0.102. The van der Waals surface area contributed by atoms with Gasteiger partial charge in [-0.3, -0.25) is 9.89 Å². The maximum absolute atomic E-state index is 12.3. The van der Waals surface area contributed by atoms with Crippen molar-refractivity contribution in [2.45, 2.75) is 0 Å². The number of anilines is 2. The molecule has 0 aliphatic rings. The first-order valence-corrected chi connectivity index (χ1v) is 6.53. The van der Waals surface area contributed by atoms with E-state index in [4.69, 9.17) is 28.9 Å². The summed E-state index contributed by atoms with van der Waals surface area (Å²) in [4.78, 5) is 19.8. The molecule has 0 saturated heterocycles. The summed E-state index contributed by atoms with van der Waals surface area (Å²) in [6.07, 6.45) is 1.20. The molecule has 3 rings (SSSR count). The van der Waals surface area contributed by atoms with E-state index < -0.39 is 5.91 Å². The van der Waals surface area contributed by atoms with Gasteiger partial charge in [0.2, 0.25) is 0 Å². The third kappa shape index (κ3) is 2.48. The van der Waals surface area contributed by atoms with E-state index in [1.165, 1.54) is 6.33 Å². The van der Waals surface area contributed by atoms with Crippen LogP contribution in [0.3, 0.4) is 0 Å². The minimum atomic E-state index is -0.483. The predicted molar refractivity (Wildman–Crippen MR) is 80.5 cm³/mol. The van der Waals surface area contributed by atoms with Gasteiger partial charge < -0.3 is 11.1 Å². The number of H-pyrrole nitrogens is 1. The van der Waals surface area contributed by atoms with Gasteiger partial charge in [-0.25, -0.2) is 9.97 Å². The van der Waals surface area contributed by atoms with Crippen LogP contribution in [0.25, 0.3) is 10.9 Å². The Morgan fingerprint density at radius 2 is 2.10 bits per heavy atom. The number of carbonyl (C=O) groups excluding carboxylic acids is 1. The second-order valence-electron chi connectivity index (χ2n) is 4.16. The van der Waals surface area contributed by atoms with Gasteiger partial charge in [-0.15, -0.1) is 0 Å². The fourth-order valence-electron chi connectivity index (χ4n) is 1.81. The van der Waals surface area contributed by atoms with Crippen molar-refractivity contribution in [3.63, 3.8) is 0 Å². The highest BCUT2D eigenvalue weighted by Crippen LogP contribution is 2.26. The SMILES string of the molecule is Nc1ccc2[nH]nc(C(=O)Nc3ncnc(Cl)c3Cl)c2c1. The quantitative estimate of drug-likeness (QED) is 0.496. The Labute approximate surface area is 128 Å². The number of halogens is 2. The average Bonchev–Trinajstić information content (AvgIpc) is 2.87. The molecule has 0 bridgehead atoms. The zero-order chi connectivity index (χ0) is 15.0. The van der Waals surface area contributed by atoms with Crippen molar-refractivity contribution in [2.24, 2.45) is 0 Å². The fraction of sp³-hybridized carbons (Fsp3) is 0. The molecule has 106 valence electrons. The topological polar surface area (TPSA) is 110 Å². The normalized spacial score (nSPS) is 10.8. The number of benzene rings is 1. The van der Waals surface area contributed by atoms with Crippen LogP contribution in [0, 0.1) is 0 Å². The molecule has 2 heterocycles. The van der Waals surface area contributed by atoms with Gasteiger partial charge in [0, 0.05) is 11.1 Å². The van der Waals surface area contributed by atoms with Crippen molar-refractivity contribution in [1.29, 1.82) is 0 Å². The van der Waals surface area contributed by atoms with Crippen LogP contribution in [0.4, 0.5) is 11.5 Å². The molecule has 2 aromatic heterocycles. The van der Waals surface area contributed by atoms with Gasteiger partial charge in [-0.05, 0) is 18.2 Å². The minimum absolute atomic E-state index is 0.0538. The number of nitrogen functional groups attached to an aromatic ring is 1. The number of aromatic amines is 1. The van der Waals surface area contributed by atoms with E-state index in [1.54, 1.807) is 18.2 Å². The Morgan fingerprint density at radius 3 is 2.90 bits per heavy atom. The molecule has 0 atom stereocenters. The summed E-state index contributed by atoms with van der Waals surface area (Å²) in [5.74, 6) is -0.370. The molecule has 3 aromatic rings. The van der Waals surface area contributed by atoms with E-state index in [1.807, 2.05) is 0 Å². The lowest BCUT2D eigenvalue weighted by Crippen LogP contribution is -2.14. The first-order chi connectivity index (χ1) is 10.1. The van der Waals surface area contributed by atoms with Gasteiger partial charge in [0.15, 0.2) is 16.7 Å². The standard InChI is InChI=1S/C12H8Cl2N6O/c13-8-10(14)16-4-17-11(8)18-12(21)9-6-3-5(15)1-2-7(6)19-20-9/h1-4H,15H2,(H,19,20)(H,16,17,18,21). The van der Waals surface area contributed by atoms with Crippen molar-refractivity contribution in [1.82, 2.24) is 20.2 Å². The van der Waals surface area contributed by atoms with Crippen molar-refractivity contribution < 1.29 is 4.79 Å². The number of nitrogens with zero attached hydrogens (tertiary/aromatic N) is 3. The number of rotatable bonds is 2. The minimum Gasteiger partial charge on any atom is -0.399 e. The van der Waals surface area contributed by atoms with Crippen molar-refractivity contribution in [3.8, 4) is 0 Å². The Kier molecular flexibility index (Phi) is 3.36. The van der Waals surface area contributed by atoms with E-state index in [9.17, 15) is 4.79 Å². The number of nitrogens with one attached hydrogen (secondary N) is 2. The molecule has 0 aliphatic carbocycles. The van der Waals surface area contributed by atoms with Crippen LogP contribution in [0.5, 0.6) is 0 Å². The molecule has 1 amide bonds. The number of carbonyl (C=O) groups is 1. The van der Waals surface area contributed by atoms with Crippen molar-refractivity contribution in [2.75, 3.05) is 11.1 Å². The number of aromatic nitrogens is 4. The lowest BCUT2D eigenvalue weighted by Gasteiger charge is -2.05. The van der Waals surface area contributed by atoms with Crippen molar-refractivity contribution in [3.05, 3.63) is 40.4 Å². The average molecular weight is 323 g/mol. The molecule has 1 aromatic carbocycles. The highest BCUT2D eigenvalue weighted by atomic mass is 35.5. The molecule has 0 saturated carbocycles. The molecule has 0 radical (unpaired) electrons. The fourth-order valence-corrected chi connectivity index (χ4v) is 2.08. The molecule has 7 nitrogen and oxygen atoms in total. The monoisotopic (exact) mass is 322 g/mol. The van der Waals surface area contributed by atoms with E-state index in [-0.39, 0.29) is 21.7 Å². The summed E-state index contributed by atoms with van der Waals surface area (Å²) in [6, 6.07) is 5.11. The number of fused-ring (bicyclic) bond motifs is 1. The number of amides is 1. The molecule has 9 heteroatoms. The molecule has 0 spiro atoms. The van der Waals surface area contributed by atoms with Crippen LogP contribution in [0.2, 0.25) is 10.2 Å². The third-order valence-corrected chi connectivity index (χ3v) is 3.52. The summed E-state index contributed by atoms with van der Waals surface area (Å²) < 4.78 is 0. The lowest BCUT2D eigenvalue weighted by atomic mass is 10.2. The molecular formula is C12H8Cl2N6O. The summed E-state index contributed by atoms with van der Waals surface area (Å²) in [5.41, 5.74) is 7.12. The van der Waals surface area contributed by atoms with Crippen LogP contribution in [0.15, 0.2) is 24.5 Å². The Bertz CT molecular complexity index is 847. The highest BCUT2D eigenvalue weighted by molar-refractivity contribution is 6.43. The van der Waals surface area contributed by atoms with Gasteiger partial charge in [0.25, 0.3) is 5.91 Å². The smallest absolute Gasteiger partial charge is 0.277 e. The second kappa shape index (κ2) is 5.19. The molecule has 4 N–H and O–H groups in total. The summed E-state index contributed by atoms with van der Waals surface area (Å²) in [5, 5.41) is 9.97. The van der Waals surface area contributed by atoms with Gasteiger partial charge in [0.05, 0.1) is 5.52 Å². The molecule has 0 aliphatic heterocycles. The van der Waals surface area contributed by atoms with Crippen LogP contribution in [0.1, 0.15) is 10.5 Å². The predicted octanol–water partition coefficient (Wildman–Crippen LogP) is 2.49. The van der Waals surface area contributed by atoms with E-state index in [0.29, 0.717) is 16.6 Å². The second-order valence-corrected chi connectivity index (χ2v) is 4.89. The first-order valence-electron chi connectivity index (χ1n) is 5.77. The summed E-state index contributed by atoms with van der Waals surface area (Å²) in [7, 11) is 0. The maximum Gasteiger partial charge on any atom is 0.277 e. The maximum atomic E-state index is 12.3. The number of hydrogen-bond acceptors (Lipinski definition) is 5. The molecule has 0 fully saturated rings. The number of nitrogens with two attached hydrogens (primary N) is 1. The first kappa shape index (κ1) is 13.6. The highest BCUT2D eigenvalue weighted by Gasteiger charge is 2.17. The van der Waals surface area contributed by atoms with Gasteiger partial charge in [-0.1, -0.05) is 23.2 Å². The van der Waals surface area contributed by atoms with Crippen LogP contribution in [-0.2, 0) is 0 Å². The van der Waals surface area contributed by atoms with Crippen LogP contribution in [-0.4, -0.2) is 26.1 Å². The van der Waals surface area contributed by atoms with Crippen LogP contribution < -0.4 is 11.1 Å². The molecule has 0 unspecified atom stereocenters. The van der Waals surface area contributed by atoms with Crippen molar-refractivity contribution >= 4 is 51.5 Å². The molecular weight excluding hydrogens is 315 g/mol. The van der Waals surface area contributed by atoms with Crippen LogP contribution >= 0.6 is 23.2 Å². The molecule has 21 heavy (non-hydrogen) atoms. The Morgan fingerprint density at radius 1 is 1.29 bits per heavy atom. The van der Waals surface area contributed by atoms with Gasteiger partial charge in [0.1, 0.15) is 11.3 Å². The zero-order valence-corrected chi connectivity index (χ0v) is 11.9. The van der Waals surface area contributed by atoms with E-state index in [2.05, 4.69) is 25.5 Å². The summed E-state index contributed by atoms with van der Waals surface area (Å²) >= 11 is 11.7. The zero-order valence-electron chi connectivity index (χ0n) is 10.4. The van der Waals surface area contributed by atoms with E-state index in [0.717, 1.165) is 0 Å². The summed E-state index contributed by atoms with van der Waals surface area (Å²) in [6.45, 7) is 0. The van der Waals surface area contributed by atoms with E-state index >= 15 is 0 Å². The van der Waals surface area contributed by atoms with Gasteiger partial charge >= 0.3 is 0 Å². The number of hydrogen-bond donors (Lipinski definition) is 3. The Balaban J connectivity index is 1.97. The Hall–Kier alpha value is -2.38.